The Morgan fingerprint density at radius 1 is 1.25 bits per heavy atom. The third-order valence-electron chi connectivity index (χ3n) is 2.87. The number of carbonyl (C=O) groups is 1. The van der Waals surface area contributed by atoms with Gasteiger partial charge in [-0.25, -0.2) is 4.98 Å². The molecule has 0 aliphatic rings. The molecule has 0 bridgehead atoms. The van der Waals surface area contributed by atoms with Crippen LogP contribution in [0.1, 0.15) is 28.5 Å². The monoisotopic (exact) mass is 308 g/mol. The minimum atomic E-state index is -0.191. The van der Waals surface area contributed by atoms with Crippen molar-refractivity contribution in [2.75, 3.05) is 0 Å². The highest BCUT2D eigenvalue weighted by molar-refractivity contribution is 6.31. The molecule has 1 amide bonds. The Morgan fingerprint density at radius 2 is 2.00 bits per heavy atom. The first-order valence-corrected chi connectivity index (χ1v) is 7.04. The predicted molar refractivity (Wildman–Crippen MR) is 81.2 cm³/mol. The zero-order chi connectivity index (χ0) is 14.5. The fourth-order valence-electron chi connectivity index (χ4n) is 1.78. The SMILES string of the molecule is CCc1cc(C(=O)NCc2ccccc2Cl)cc(Cl)n1. The predicted octanol–water partition coefficient (Wildman–Crippen LogP) is 3.88. The Kier molecular flexibility index (Phi) is 4.99. The van der Waals surface area contributed by atoms with Crippen LogP contribution in [0.3, 0.4) is 0 Å². The summed E-state index contributed by atoms with van der Waals surface area (Å²) in [5.74, 6) is -0.191. The van der Waals surface area contributed by atoms with E-state index in [1.807, 2.05) is 25.1 Å². The number of aromatic nitrogens is 1. The van der Waals surface area contributed by atoms with E-state index in [-0.39, 0.29) is 5.91 Å². The lowest BCUT2D eigenvalue weighted by Crippen LogP contribution is -2.23. The number of pyridine rings is 1. The summed E-state index contributed by atoms with van der Waals surface area (Å²) in [4.78, 5) is 16.2. The Morgan fingerprint density at radius 3 is 2.70 bits per heavy atom. The van der Waals surface area contributed by atoms with Crippen molar-refractivity contribution < 1.29 is 4.79 Å². The second-order valence-corrected chi connectivity index (χ2v) is 5.09. The number of nitrogens with zero attached hydrogens (tertiary/aromatic N) is 1. The third-order valence-corrected chi connectivity index (χ3v) is 3.43. The maximum atomic E-state index is 12.1. The van der Waals surface area contributed by atoms with Crippen molar-refractivity contribution in [1.29, 1.82) is 0 Å². The van der Waals surface area contributed by atoms with Gasteiger partial charge in [0.1, 0.15) is 5.15 Å². The summed E-state index contributed by atoms with van der Waals surface area (Å²) in [7, 11) is 0. The highest BCUT2D eigenvalue weighted by atomic mass is 35.5. The van der Waals surface area contributed by atoms with Crippen molar-refractivity contribution in [2.45, 2.75) is 19.9 Å². The lowest BCUT2D eigenvalue weighted by molar-refractivity contribution is 0.0950. The summed E-state index contributed by atoms with van der Waals surface area (Å²) in [5.41, 5.74) is 2.17. The average molecular weight is 309 g/mol. The molecule has 1 aromatic carbocycles. The minimum absolute atomic E-state index is 0.191. The van der Waals surface area contributed by atoms with Crippen LogP contribution in [-0.2, 0) is 13.0 Å². The first-order chi connectivity index (χ1) is 9.60. The van der Waals surface area contributed by atoms with E-state index in [4.69, 9.17) is 23.2 Å². The van der Waals surface area contributed by atoms with E-state index in [0.29, 0.717) is 22.3 Å². The standard InChI is InChI=1S/C15H14Cl2N2O/c1-2-12-7-11(8-14(17)19-12)15(20)18-9-10-5-3-4-6-13(10)16/h3-8H,2,9H2,1H3,(H,18,20). The second-order valence-electron chi connectivity index (χ2n) is 4.30. The first kappa shape index (κ1) is 14.8. The van der Waals surface area contributed by atoms with Crippen LogP contribution in [0.2, 0.25) is 10.2 Å². The molecule has 5 heteroatoms. The Hall–Kier alpha value is -1.58. The van der Waals surface area contributed by atoms with Gasteiger partial charge >= 0.3 is 0 Å². The second kappa shape index (κ2) is 6.73. The molecule has 0 saturated carbocycles. The van der Waals surface area contributed by atoms with Gasteiger partial charge in [-0.15, -0.1) is 0 Å². The van der Waals surface area contributed by atoms with E-state index in [2.05, 4.69) is 10.3 Å². The van der Waals surface area contributed by atoms with Crippen molar-refractivity contribution in [1.82, 2.24) is 10.3 Å². The molecule has 104 valence electrons. The maximum absolute atomic E-state index is 12.1. The molecule has 20 heavy (non-hydrogen) atoms. The largest absolute Gasteiger partial charge is 0.348 e. The van der Waals surface area contributed by atoms with Crippen LogP contribution >= 0.6 is 23.2 Å². The Bertz CT molecular complexity index is 629. The van der Waals surface area contributed by atoms with Crippen molar-refractivity contribution in [3.8, 4) is 0 Å². The topological polar surface area (TPSA) is 42.0 Å². The van der Waals surface area contributed by atoms with Gasteiger partial charge in [-0.05, 0) is 30.2 Å². The number of aryl methyl sites for hydroxylation is 1. The summed E-state index contributed by atoms with van der Waals surface area (Å²) in [6.07, 6.45) is 0.728. The van der Waals surface area contributed by atoms with Gasteiger partial charge in [-0.2, -0.15) is 0 Å². The van der Waals surface area contributed by atoms with Crippen molar-refractivity contribution in [3.05, 3.63) is 63.4 Å². The molecule has 2 aromatic rings. The molecular formula is C15H14Cl2N2O. The van der Waals surface area contributed by atoms with E-state index < -0.39 is 0 Å². The molecule has 0 aliphatic carbocycles. The molecule has 2 rings (SSSR count). The molecule has 1 N–H and O–H groups in total. The van der Waals surface area contributed by atoms with E-state index >= 15 is 0 Å². The number of halogens is 2. The molecule has 3 nitrogen and oxygen atoms in total. The highest BCUT2D eigenvalue weighted by Gasteiger charge is 2.09. The minimum Gasteiger partial charge on any atom is -0.348 e. The van der Waals surface area contributed by atoms with E-state index in [9.17, 15) is 4.79 Å². The van der Waals surface area contributed by atoms with Gasteiger partial charge in [0.15, 0.2) is 0 Å². The molecule has 0 saturated heterocycles. The Balaban J connectivity index is 2.09. The first-order valence-electron chi connectivity index (χ1n) is 6.28. The molecule has 0 unspecified atom stereocenters. The number of hydrogen-bond donors (Lipinski definition) is 1. The van der Waals surface area contributed by atoms with Gasteiger partial charge in [-0.3, -0.25) is 4.79 Å². The molecule has 0 fully saturated rings. The van der Waals surface area contributed by atoms with E-state index in [1.54, 1.807) is 18.2 Å². The van der Waals surface area contributed by atoms with Crippen molar-refractivity contribution in [3.63, 3.8) is 0 Å². The normalized spacial score (nSPS) is 10.3. The van der Waals surface area contributed by atoms with Crippen molar-refractivity contribution >= 4 is 29.1 Å². The summed E-state index contributed by atoms with van der Waals surface area (Å²) in [5, 5.41) is 3.79. The van der Waals surface area contributed by atoms with Crippen LogP contribution in [0.5, 0.6) is 0 Å². The summed E-state index contributed by atoms with van der Waals surface area (Å²) < 4.78 is 0. The van der Waals surface area contributed by atoms with Crippen molar-refractivity contribution in [2.24, 2.45) is 0 Å². The number of carbonyl (C=O) groups excluding carboxylic acids is 1. The van der Waals surface area contributed by atoms with Crippen LogP contribution in [0.15, 0.2) is 36.4 Å². The fourth-order valence-corrected chi connectivity index (χ4v) is 2.21. The molecule has 0 radical (unpaired) electrons. The van der Waals surface area contributed by atoms with Crippen LogP contribution < -0.4 is 5.32 Å². The quantitative estimate of drug-likeness (QED) is 0.871. The van der Waals surface area contributed by atoms with E-state index in [1.165, 1.54) is 0 Å². The number of benzene rings is 1. The average Bonchev–Trinajstić information content (AvgIpc) is 2.45. The van der Waals surface area contributed by atoms with Crippen LogP contribution in [0.4, 0.5) is 0 Å². The Labute approximate surface area is 127 Å². The van der Waals surface area contributed by atoms with Crippen LogP contribution in [0, 0.1) is 0 Å². The number of rotatable bonds is 4. The van der Waals surface area contributed by atoms with Crippen LogP contribution in [-0.4, -0.2) is 10.9 Å². The highest BCUT2D eigenvalue weighted by Crippen LogP contribution is 2.15. The molecule has 1 aromatic heterocycles. The van der Waals surface area contributed by atoms with Crippen LogP contribution in [0.25, 0.3) is 0 Å². The third kappa shape index (κ3) is 3.71. The zero-order valence-corrected chi connectivity index (χ0v) is 12.5. The lowest BCUT2D eigenvalue weighted by atomic mass is 10.1. The zero-order valence-electron chi connectivity index (χ0n) is 11.0. The summed E-state index contributed by atoms with van der Waals surface area (Å²) >= 11 is 11.9. The molecule has 0 atom stereocenters. The smallest absolute Gasteiger partial charge is 0.251 e. The van der Waals surface area contributed by atoms with E-state index in [0.717, 1.165) is 17.7 Å². The maximum Gasteiger partial charge on any atom is 0.251 e. The summed E-state index contributed by atoms with van der Waals surface area (Å²) in [6, 6.07) is 10.7. The fraction of sp³-hybridized carbons (Fsp3) is 0.200. The lowest BCUT2D eigenvalue weighted by Gasteiger charge is -2.08. The van der Waals surface area contributed by atoms with Gasteiger partial charge in [-0.1, -0.05) is 48.3 Å². The van der Waals surface area contributed by atoms with Gasteiger partial charge in [0.25, 0.3) is 5.91 Å². The molecule has 1 heterocycles. The molecule has 0 spiro atoms. The number of amides is 1. The van der Waals surface area contributed by atoms with Gasteiger partial charge < -0.3 is 5.32 Å². The van der Waals surface area contributed by atoms with Gasteiger partial charge in [0, 0.05) is 22.8 Å². The van der Waals surface area contributed by atoms with Gasteiger partial charge in [0.2, 0.25) is 0 Å². The summed E-state index contributed by atoms with van der Waals surface area (Å²) in [6.45, 7) is 2.34. The molecular weight excluding hydrogens is 295 g/mol. The number of nitrogens with one attached hydrogen (secondary N) is 1. The number of hydrogen-bond acceptors (Lipinski definition) is 2. The molecule has 0 aliphatic heterocycles. The van der Waals surface area contributed by atoms with Gasteiger partial charge in [0.05, 0.1) is 0 Å².